The molecule has 0 bridgehead atoms. The van der Waals surface area contributed by atoms with Crippen molar-refractivity contribution in [3.05, 3.63) is 101 Å². The topological polar surface area (TPSA) is 103 Å². The molecule has 3 aromatic carbocycles. The maximum atomic E-state index is 12.9. The van der Waals surface area contributed by atoms with E-state index >= 15 is 0 Å². The average Bonchev–Trinajstić information content (AvgIpc) is 3.36. The van der Waals surface area contributed by atoms with Crippen molar-refractivity contribution in [2.24, 2.45) is 0 Å². The predicted molar refractivity (Wildman–Crippen MR) is 134 cm³/mol. The molecule has 10 heteroatoms. The van der Waals surface area contributed by atoms with Crippen LogP contribution in [0.5, 0.6) is 5.75 Å². The summed E-state index contributed by atoms with van der Waals surface area (Å²) in [4.78, 5) is 12.9. The van der Waals surface area contributed by atoms with Crippen LogP contribution < -0.4 is 15.0 Å². The molecule has 0 aliphatic carbocycles. The van der Waals surface area contributed by atoms with E-state index in [0.717, 1.165) is 11.1 Å². The van der Waals surface area contributed by atoms with Gasteiger partial charge in [0.2, 0.25) is 0 Å². The smallest absolute Gasteiger partial charge is 0.263 e. The summed E-state index contributed by atoms with van der Waals surface area (Å²) >= 11 is 6.00. The van der Waals surface area contributed by atoms with E-state index in [2.05, 4.69) is 14.4 Å². The van der Waals surface area contributed by atoms with Gasteiger partial charge in [0, 0.05) is 22.5 Å². The number of hydrogen-bond acceptors (Lipinski definition) is 6. The Hall–Kier alpha value is -4.08. The molecule has 2 aromatic heterocycles. The van der Waals surface area contributed by atoms with E-state index in [-0.39, 0.29) is 16.3 Å². The highest BCUT2D eigenvalue weighted by molar-refractivity contribution is 7.92. The van der Waals surface area contributed by atoms with Crippen molar-refractivity contribution in [1.82, 2.24) is 9.72 Å². The fourth-order valence-corrected chi connectivity index (χ4v) is 4.94. The summed E-state index contributed by atoms with van der Waals surface area (Å²) in [6, 6.07) is 21.8. The Morgan fingerprint density at radius 2 is 1.71 bits per heavy atom. The van der Waals surface area contributed by atoms with Crippen LogP contribution >= 0.6 is 11.6 Å². The van der Waals surface area contributed by atoms with Gasteiger partial charge in [0.25, 0.3) is 15.6 Å². The summed E-state index contributed by atoms with van der Waals surface area (Å²) in [6.45, 7) is 0. The van der Waals surface area contributed by atoms with Gasteiger partial charge >= 0.3 is 0 Å². The van der Waals surface area contributed by atoms with Crippen LogP contribution in [0.1, 0.15) is 0 Å². The summed E-state index contributed by atoms with van der Waals surface area (Å²) in [5.41, 5.74) is 2.60. The Labute approximate surface area is 205 Å². The van der Waals surface area contributed by atoms with E-state index in [1.54, 1.807) is 30.3 Å². The lowest BCUT2D eigenvalue weighted by Gasteiger charge is -2.16. The molecule has 2 heterocycles. The Morgan fingerprint density at radius 1 is 0.943 bits per heavy atom. The summed E-state index contributed by atoms with van der Waals surface area (Å²) in [6.07, 6.45) is 1.27. The zero-order valence-electron chi connectivity index (χ0n) is 18.3. The van der Waals surface area contributed by atoms with Gasteiger partial charge in [-0.2, -0.15) is 0 Å². The van der Waals surface area contributed by atoms with Crippen LogP contribution in [0.25, 0.3) is 27.7 Å². The molecule has 8 nitrogen and oxygen atoms in total. The number of nitrogens with zero attached hydrogens (tertiary/aromatic N) is 2. The van der Waals surface area contributed by atoms with Crippen LogP contribution in [0, 0.1) is 0 Å². The number of anilines is 1. The third-order valence-electron chi connectivity index (χ3n) is 5.45. The Kier molecular flexibility index (Phi) is 5.80. The molecular formula is C25H18ClN3O5S. The average molecular weight is 508 g/mol. The minimum atomic E-state index is -3.91. The van der Waals surface area contributed by atoms with E-state index in [4.69, 9.17) is 16.3 Å². The lowest BCUT2D eigenvalue weighted by molar-refractivity contribution is 0.413. The molecule has 1 N–H and O–H groups in total. The standard InChI is InChI=1S/C25H18ClN3O5S/c1-33-23-15-17(16-2-6-19(26)7-3-16)4-9-22(23)29-21-10-8-20(14-18(21)5-11-25(29)30)35(31,32)28-24-12-13-34-27-24/h2-15H,1H3,(H,27,28). The zero-order chi connectivity index (χ0) is 24.6. The number of halogens is 1. The number of pyridine rings is 1. The second-order valence-corrected chi connectivity index (χ2v) is 9.73. The third kappa shape index (κ3) is 4.39. The van der Waals surface area contributed by atoms with Crippen molar-refractivity contribution >= 4 is 38.3 Å². The molecule has 0 saturated carbocycles. The third-order valence-corrected chi connectivity index (χ3v) is 7.06. The van der Waals surface area contributed by atoms with Gasteiger partial charge < -0.3 is 9.26 Å². The molecule has 5 rings (SSSR count). The van der Waals surface area contributed by atoms with Crippen molar-refractivity contribution in [3.63, 3.8) is 0 Å². The maximum Gasteiger partial charge on any atom is 0.263 e. The van der Waals surface area contributed by atoms with Crippen LogP contribution in [0.2, 0.25) is 5.02 Å². The number of fused-ring (bicyclic) bond motifs is 1. The summed E-state index contributed by atoms with van der Waals surface area (Å²) < 4.78 is 39.7. The van der Waals surface area contributed by atoms with Gasteiger partial charge in [-0.15, -0.1) is 0 Å². The van der Waals surface area contributed by atoms with Gasteiger partial charge in [0.05, 0.1) is 23.2 Å². The number of sulfonamides is 1. The molecular weight excluding hydrogens is 490 g/mol. The molecule has 0 saturated heterocycles. The number of aromatic nitrogens is 2. The first kappa shape index (κ1) is 22.7. The fourth-order valence-electron chi connectivity index (χ4n) is 3.79. The van der Waals surface area contributed by atoms with Crippen molar-refractivity contribution in [1.29, 1.82) is 0 Å². The van der Waals surface area contributed by atoms with Gasteiger partial charge in [-0.05, 0) is 59.7 Å². The van der Waals surface area contributed by atoms with Crippen LogP contribution in [-0.2, 0) is 10.0 Å². The molecule has 0 atom stereocenters. The number of nitrogens with one attached hydrogen (secondary N) is 1. The van der Waals surface area contributed by atoms with Crippen molar-refractivity contribution in [3.8, 4) is 22.6 Å². The highest BCUT2D eigenvalue weighted by Crippen LogP contribution is 2.32. The number of hydrogen-bond donors (Lipinski definition) is 1. The molecule has 0 amide bonds. The number of rotatable bonds is 6. The first-order valence-corrected chi connectivity index (χ1v) is 12.3. The van der Waals surface area contributed by atoms with E-state index in [1.165, 1.54) is 42.2 Å². The van der Waals surface area contributed by atoms with Gasteiger partial charge in [-0.25, -0.2) is 8.42 Å². The normalized spacial score (nSPS) is 11.5. The van der Waals surface area contributed by atoms with E-state index < -0.39 is 10.0 Å². The molecule has 5 aromatic rings. The first-order chi connectivity index (χ1) is 16.9. The van der Waals surface area contributed by atoms with E-state index in [0.29, 0.717) is 27.4 Å². The summed E-state index contributed by atoms with van der Waals surface area (Å²) in [7, 11) is -2.38. The molecule has 0 fully saturated rings. The molecule has 35 heavy (non-hydrogen) atoms. The number of benzene rings is 3. The monoisotopic (exact) mass is 507 g/mol. The Balaban J connectivity index is 1.60. The quantitative estimate of drug-likeness (QED) is 0.342. The lowest BCUT2D eigenvalue weighted by Crippen LogP contribution is -2.18. The van der Waals surface area contributed by atoms with Gasteiger partial charge in [-0.3, -0.25) is 14.1 Å². The largest absolute Gasteiger partial charge is 0.495 e. The van der Waals surface area contributed by atoms with Crippen LogP contribution in [0.3, 0.4) is 0 Å². The first-order valence-electron chi connectivity index (χ1n) is 10.4. The summed E-state index contributed by atoms with van der Waals surface area (Å²) in [5, 5.41) is 4.76. The number of methoxy groups -OCH3 is 1. The molecule has 0 aliphatic heterocycles. The second-order valence-electron chi connectivity index (χ2n) is 7.61. The van der Waals surface area contributed by atoms with Crippen molar-refractivity contribution < 1.29 is 17.7 Å². The molecule has 0 radical (unpaired) electrons. The van der Waals surface area contributed by atoms with Crippen molar-refractivity contribution in [2.75, 3.05) is 11.8 Å². The lowest BCUT2D eigenvalue weighted by atomic mass is 10.0. The van der Waals surface area contributed by atoms with E-state index in [9.17, 15) is 13.2 Å². The zero-order valence-corrected chi connectivity index (χ0v) is 19.9. The minimum absolute atomic E-state index is 0.0169. The van der Waals surface area contributed by atoms with Crippen molar-refractivity contribution in [2.45, 2.75) is 4.90 Å². The van der Waals surface area contributed by atoms with Gasteiger partial charge in [0.1, 0.15) is 12.0 Å². The van der Waals surface area contributed by atoms with Crippen LogP contribution in [-0.4, -0.2) is 25.3 Å². The predicted octanol–water partition coefficient (Wildman–Crippen LogP) is 5.11. The van der Waals surface area contributed by atoms with Gasteiger partial charge in [-0.1, -0.05) is 35.0 Å². The fraction of sp³-hybridized carbons (Fsp3) is 0.0400. The minimum Gasteiger partial charge on any atom is -0.495 e. The van der Waals surface area contributed by atoms with E-state index in [1.807, 2.05) is 24.3 Å². The SMILES string of the molecule is COc1cc(-c2ccc(Cl)cc2)ccc1-n1c(=O)ccc2cc(S(=O)(=O)Nc3ccon3)ccc21. The highest BCUT2D eigenvalue weighted by atomic mass is 35.5. The molecule has 0 aliphatic rings. The summed E-state index contributed by atoms with van der Waals surface area (Å²) in [5.74, 6) is 0.553. The van der Waals surface area contributed by atoms with Gasteiger partial charge in [0.15, 0.2) is 5.82 Å². The Morgan fingerprint density at radius 3 is 2.43 bits per heavy atom. The van der Waals surface area contributed by atoms with Crippen LogP contribution in [0.15, 0.2) is 99.3 Å². The van der Waals surface area contributed by atoms with Crippen LogP contribution in [0.4, 0.5) is 5.82 Å². The molecule has 0 spiro atoms. The molecule has 0 unspecified atom stereocenters. The Bertz CT molecular complexity index is 1700. The molecule has 176 valence electrons. The second kappa shape index (κ2) is 8.94. The number of ether oxygens (including phenoxy) is 1. The maximum absolute atomic E-state index is 12.9. The highest BCUT2D eigenvalue weighted by Gasteiger charge is 2.18.